The number of aliphatic carboxylic acids is 1. The first kappa shape index (κ1) is 29.6. The van der Waals surface area contributed by atoms with Gasteiger partial charge in [-0.25, -0.2) is 9.59 Å². The highest BCUT2D eigenvalue weighted by Crippen LogP contribution is 2.45. The van der Waals surface area contributed by atoms with E-state index in [-0.39, 0.29) is 37.0 Å². The third kappa shape index (κ3) is 6.01. The highest BCUT2D eigenvalue weighted by molar-refractivity contribution is 5.95. The molecule has 11 nitrogen and oxygen atoms in total. The monoisotopic (exact) mass is 612 g/mol. The summed E-state index contributed by atoms with van der Waals surface area (Å²) in [6, 6.07) is 15.7. The molecule has 1 fully saturated rings. The Bertz CT molecular complexity index is 1820. The van der Waals surface area contributed by atoms with Crippen molar-refractivity contribution in [3.8, 4) is 40.0 Å². The maximum atomic E-state index is 12.7. The van der Waals surface area contributed by atoms with Gasteiger partial charge in [-0.1, -0.05) is 18.2 Å². The van der Waals surface area contributed by atoms with Crippen molar-refractivity contribution >= 4 is 18.0 Å². The second-order valence-corrected chi connectivity index (χ2v) is 10.8. The van der Waals surface area contributed by atoms with E-state index >= 15 is 0 Å². The van der Waals surface area contributed by atoms with Gasteiger partial charge in [0, 0.05) is 46.4 Å². The summed E-state index contributed by atoms with van der Waals surface area (Å²) in [4.78, 5) is 24.5. The first-order chi connectivity index (χ1) is 21.8. The van der Waals surface area contributed by atoms with Gasteiger partial charge < -0.3 is 33.9 Å². The third-order valence-electron chi connectivity index (χ3n) is 7.85. The van der Waals surface area contributed by atoms with Gasteiger partial charge in [0.25, 0.3) is 0 Å². The Balaban J connectivity index is 1.44. The van der Waals surface area contributed by atoms with Gasteiger partial charge in [0.2, 0.25) is 6.79 Å². The number of fused-ring (bicyclic) bond motifs is 1. The van der Waals surface area contributed by atoms with Crippen LogP contribution < -0.4 is 23.7 Å². The summed E-state index contributed by atoms with van der Waals surface area (Å²) in [6.07, 6.45) is 3.59. The van der Waals surface area contributed by atoms with Gasteiger partial charge in [-0.2, -0.15) is 5.10 Å². The zero-order valence-corrected chi connectivity index (χ0v) is 25.0. The molecule has 0 bridgehead atoms. The molecule has 3 aromatic carbocycles. The van der Waals surface area contributed by atoms with Crippen LogP contribution in [0.15, 0.2) is 60.2 Å². The molecule has 45 heavy (non-hydrogen) atoms. The molecule has 0 unspecified atom stereocenters. The van der Waals surface area contributed by atoms with Crippen LogP contribution in [0.4, 0.5) is 0 Å². The lowest BCUT2D eigenvalue weighted by Gasteiger charge is -2.16. The largest absolute Gasteiger partial charge is 0.497 e. The van der Waals surface area contributed by atoms with Crippen LogP contribution in [0.25, 0.3) is 17.3 Å². The Morgan fingerprint density at radius 2 is 1.73 bits per heavy atom. The minimum Gasteiger partial charge on any atom is -0.497 e. The van der Waals surface area contributed by atoms with Crippen LogP contribution in [0.2, 0.25) is 0 Å². The number of nitrogens with zero attached hydrogens (tertiary/aromatic N) is 2. The molecule has 0 radical (unpaired) electrons. The van der Waals surface area contributed by atoms with Crippen molar-refractivity contribution in [2.75, 3.05) is 21.0 Å². The van der Waals surface area contributed by atoms with Crippen molar-refractivity contribution in [3.63, 3.8) is 0 Å². The number of carboxylic acids is 2. The number of methoxy groups -OCH3 is 2. The zero-order valence-electron chi connectivity index (χ0n) is 25.0. The average Bonchev–Trinajstić information content (AvgIpc) is 3.70. The van der Waals surface area contributed by atoms with Crippen LogP contribution in [-0.4, -0.2) is 52.9 Å². The molecule has 232 valence electrons. The highest BCUT2D eigenvalue weighted by Gasteiger charge is 2.31. The molecule has 1 aliphatic heterocycles. The Morgan fingerprint density at radius 3 is 2.42 bits per heavy atom. The molecule has 0 saturated heterocycles. The van der Waals surface area contributed by atoms with E-state index in [0.29, 0.717) is 62.4 Å². The maximum absolute atomic E-state index is 12.7. The van der Waals surface area contributed by atoms with E-state index in [2.05, 4.69) is 0 Å². The van der Waals surface area contributed by atoms with Crippen molar-refractivity contribution in [2.24, 2.45) is 0 Å². The van der Waals surface area contributed by atoms with Crippen LogP contribution >= 0.6 is 0 Å². The molecule has 1 saturated carbocycles. The average molecular weight is 613 g/mol. The number of ether oxygens (including phenoxy) is 5. The van der Waals surface area contributed by atoms with Crippen molar-refractivity contribution in [2.45, 2.75) is 38.8 Å². The standard InChI is InChI=1S/C34H32N2O9/c1-19-27(13-22(33(37)38)12-21-14-30-31(45-18-44-30)16-28(21)42-3)32(36(35-19)23-8-9-23)26-11-10-24(41-2)15-29(26)43-17-20-6-4-5-7-25(20)34(39)40/h4-7,10-11,13-16,23H,8-9,12,17-18H2,1-3H3,(H,37,38)(H,39,40). The molecule has 6 rings (SSSR count). The Hall–Kier alpha value is -5.45. The fourth-order valence-corrected chi connectivity index (χ4v) is 5.40. The predicted molar refractivity (Wildman–Crippen MR) is 163 cm³/mol. The van der Waals surface area contributed by atoms with Gasteiger partial charge in [-0.3, -0.25) is 4.68 Å². The van der Waals surface area contributed by atoms with E-state index in [1.165, 1.54) is 13.2 Å². The maximum Gasteiger partial charge on any atom is 0.336 e. The molecule has 0 amide bonds. The van der Waals surface area contributed by atoms with Crippen LogP contribution in [0.3, 0.4) is 0 Å². The van der Waals surface area contributed by atoms with E-state index in [1.54, 1.807) is 55.7 Å². The summed E-state index contributed by atoms with van der Waals surface area (Å²) in [5.74, 6) is 0.417. The number of carboxylic acid groups (broad SMARTS) is 2. The second kappa shape index (κ2) is 12.3. The molecular formula is C34H32N2O9. The van der Waals surface area contributed by atoms with Gasteiger partial charge >= 0.3 is 11.9 Å². The van der Waals surface area contributed by atoms with E-state index in [0.717, 1.165) is 12.8 Å². The van der Waals surface area contributed by atoms with Gasteiger partial charge in [0.15, 0.2) is 11.5 Å². The molecule has 2 heterocycles. The zero-order chi connectivity index (χ0) is 31.7. The van der Waals surface area contributed by atoms with E-state index < -0.39 is 11.9 Å². The molecule has 0 spiro atoms. The van der Waals surface area contributed by atoms with Gasteiger partial charge in [-0.15, -0.1) is 0 Å². The first-order valence-corrected chi connectivity index (χ1v) is 14.4. The number of hydrogen-bond acceptors (Lipinski definition) is 8. The molecule has 2 aliphatic rings. The lowest BCUT2D eigenvalue weighted by molar-refractivity contribution is -0.132. The summed E-state index contributed by atoms with van der Waals surface area (Å²) >= 11 is 0. The number of benzene rings is 3. The van der Waals surface area contributed by atoms with E-state index in [1.807, 2.05) is 17.7 Å². The summed E-state index contributed by atoms with van der Waals surface area (Å²) in [5, 5.41) is 24.9. The van der Waals surface area contributed by atoms with Crippen LogP contribution in [0.1, 0.15) is 51.6 Å². The first-order valence-electron chi connectivity index (χ1n) is 14.4. The third-order valence-corrected chi connectivity index (χ3v) is 7.85. The smallest absolute Gasteiger partial charge is 0.336 e. The fourth-order valence-electron chi connectivity index (χ4n) is 5.40. The molecule has 1 aliphatic carbocycles. The summed E-state index contributed by atoms with van der Waals surface area (Å²) in [6.45, 7) is 1.93. The lowest BCUT2D eigenvalue weighted by atomic mass is 9.98. The van der Waals surface area contributed by atoms with Crippen molar-refractivity contribution in [1.29, 1.82) is 0 Å². The molecule has 2 N–H and O–H groups in total. The lowest BCUT2D eigenvalue weighted by Crippen LogP contribution is -2.07. The Morgan fingerprint density at radius 1 is 0.978 bits per heavy atom. The number of hydrogen-bond donors (Lipinski definition) is 2. The highest BCUT2D eigenvalue weighted by atomic mass is 16.7. The van der Waals surface area contributed by atoms with Crippen molar-refractivity contribution in [1.82, 2.24) is 9.78 Å². The summed E-state index contributed by atoms with van der Waals surface area (Å²) in [7, 11) is 3.07. The molecule has 4 aromatic rings. The van der Waals surface area contributed by atoms with E-state index in [4.69, 9.17) is 28.8 Å². The number of rotatable bonds is 12. The van der Waals surface area contributed by atoms with Gasteiger partial charge in [-0.05, 0) is 50.1 Å². The van der Waals surface area contributed by atoms with Crippen LogP contribution in [0, 0.1) is 6.92 Å². The Kier molecular flexibility index (Phi) is 8.08. The van der Waals surface area contributed by atoms with Crippen LogP contribution in [0.5, 0.6) is 28.7 Å². The molecule has 0 atom stereocenters. The summed E-state index contributed by atoms with van der Waals surface area (Å²) < 4.78 is 30.2. The van der Waals surface area contributed by atoms with Crippen molar-refractivity contribution < 1.29 is 43.5 Å². The van der Waals surface area contributed by atoms with Crippen molar-refractivity contribution in [3.05, 3.63) is 88.1 Å². The topological polar surface area (TPSA) is 139 Å². The quantitative estimate of drug-likeness (QED) is 0.185. The number of aromatic nitrogens is 2. The molecular weight excluding hydrogens is 580 g/mol. The fraction of sp³-hybridized carbons (Fsp3) is 0.265. The van der Waals surface area contributed by atoms with Gasteiger partial charge in [0.1, 0.15) is 23.9 Å². The number of aryl methyl sites for hydroxylation is 1. The molecule has 1 aromatic heterocycles. The number of carbonyl (C=O) groups is 2. The SMILES string of the molecule is COc1ccc(-c2c(C=C(Cc3cc4c(cc3OC)OCO4)C(=O)O)c(C)nn2C2CC2)c(OCc2ccccc2C(=O)O)c1. The van der Waals surface area contributed by atoms with E-state index in [9.17, 15) is 19.8 Å². The normalized spacial score (nSPS) is 13.9. The Labute approximate surface area is 259 Å². The van der Waals surface area contributed by atoms with Gasteiger partial charge in [0.05, 0.1) is 37.2 Å². The minimum atomic E-state index is -1.09. The predicted octanol–water partition coefficient (Wildman–Crippen LogP) is 5.93. The number of aromatic carboxylic acids is 1. The van der Waals surface area contributed by atoms with Crippen LogP contribution in [-0.2, 0) is 17.8 Å². The second-order valence-electron chi connectivity index (χ2n) is 10.8. The summed E-state index contributed by atoms with van der Waals surface area (Å²) in [5.41, 5.74) is 4.09. The minimum absolute atomic E-state index is 0.00531. The molecule has 11 heteroatoms.